The Morgan fingerprint density at radius 2 is 2.31 bits per heavy atom. The van der Waals surface area contributed by atoms with E-state index in [4.69, 9.17) is 4.74 Å². The summed E-state index contributed by atoms with van der Waals surface area (Å²) in [4.78, 5) is 10.9. The van der Waals surface area contributed by atoms with Gasteiger partial charge in [-0.3, -0.25) is 0 Å². The van der Waals surface area contributed by atoms with Gasteiger partial charge < -0.3 is 15.4 Å². The van der Waals surface area contributed by atoms with Crippen molar-refractivity contribution in [3.8, 4) is 0 Å². The topological polar surface area (TPSA) is 50.4 Å². The van der Waals surface area contributed by atoms with Crippen LogP contribution in [0.1, 0.15) is 12.5 Å². The summed E-state index contributed by atoms with van der Waals surface area (Å²) >= 11 is 1.69. The van der Waals surface area contributed by atoms with Crippen LogP contribution in [0, 0.1) is 0 Å². The van der Waals surface area contributed by atoms with Crippen molar-refractivity contribution < 1.29 is 9.53 Å². The summed E-state index contributed by atoms with van der Waals surface area (Å²) < 4.78 is 4.72. The Morgan fingerprint density at radius 1 is 1.50 bits per heavy atom. The zero-order valence-electron chi connectivity index (χ0n) is 9.19. The minimum absolute atomic E-state index is 0. The molecule has 16 heavy (non-hydrogen) atoms. The first kappa shape index (κ1) is 15.2. The van der Waals surface area contributed by atoms with Crippen LogP contribution in [0.3, 0.4) is 0 Å². The van der Waals surface area contributed by atoms with E-state index < -0.39 is 0 Å². The van der Waals surface area contributed by atoms with E-state index in [1.54, 1.807) is 18.3 Å². The van der Waals surface area contributed by atoms with Crippen molar-refractivity contribution in [2.45, 2.75) is 13.5 Å². The van der Waals surface area contributed by atoms with Crippen molar-refractivity contribution in [2.24, 2.45) is 0 Å². The van der Waals surface area contributed by atoms with E-state index in [9.17, 15) is 4.79 Å². The third kappa shape index (κ3) is 6.66. The number of rotatable bonds is 6. The van der Waals surface area contributed by atoms with Crippen LogP contribution in [0.5, 0.6) is 0 Å². The molecule has 1 heterocycles. The largest absolute Gasteiger partial charge is 0.450 e. The number of hydrogen-bond acceptors (Lipinski definition) is 4. The van der Waals surface area contributed by atoms with E-state index in [2.05, 4.69) is 22.1 Å². The summed E-state index contributed by atoms with van der Waals surface area (Å²) in [7, 11) is 0. The van der Waals surface area contributed by atoms with Crippen LogP contribution in [0.2, 0.25) is 0 Å². The van der Waals surface area contributed by atoms with Crippen molar-refractivity contribution in [1.29, 1.82) is 0 Å². The maximum atomic E-state index is 10.9. The molecule has 0 saturated carbocycles. The van der Waals surface area contributed by atoms with E-state index in [1.165, 1.54) is 5.56 Å². The molecule has 1 amide bonds. The molecule has 0 aliphatic carbocycles. The Labute approximate surface area is 106 Å². The van der Waals surface area contributed by atoms with Crippen molar-refractivity contribution in [3.63, 3.8) is 0 Å². The molecule has 0 spiro atoms. The van der Waals surface area contributed by atoms with Crippen LogP contribution in [-0.4, -0.2) is 25.8 Å². The lowest BCUT2D eigenvalue weighted by molar-refractivity contribution is 0.152. The lowest BCUT2D eigenvalue weighted by Gasteiger charge is -2.05. The van der Waals surface area contributed by atoms with Gasteiger partial charge in [0.1, 0.15) is 0 Å². The second-order valence-electron chi connectivity index (χ2n) is 2.96. The summed E-state index contributed by atoms with van der Waals surface area (Å²) in [6.07, 6.45) is -0.352. The first-order valence-electron chi connectivity index (χ1n) is 4.95. The number of nitrogens with one attached hydrogen (secondary N) is 2. The van der Waals surface area contributed by atoms with Gasteiger partial charge in [0.05, 0.1) is 6.61 Å². The number of thiophene rings is 1. The number of amides is 1. The van der Waals surface area contributed by atoms with Gasteiger partial charge in [-0.05, 0) is 29.3 Å². The predicted molar refractivity (Wildman–Crippen MR) is 68.3 cm³/mol. The van der Waals surface area contributed by atoms with Crippen molar-refractivity contribution in [1.82, 2.24) is 10.6 Å². The molecule has 0 radical (unpaired) electrons. The minimum atomic E-state index is -0.352. The first-order valence-corrected chi connectivity index (χ1v) is 5.89. The zero-order valence-corrected chi connectivity index (χ0v) is 10.8. The van der Waals surface area contributed by atoms with Crippen LogP contribution >= 0.6 is 23.7 Å². The molecule has 92 valence electrons. The Balaban J connectivity index is 0.00000225. The standard InChI is InChI=1S/C10H16N2O2S.ClH/c1-2-14-10(13)12-5-4-11-7-9-3-6-15-8-9;/h3,6,8,11H,2,4-5,7H2,1H3,(H,12,13);1H. The number of carbonyl (C=O) groups is 1. The fourth-order valence-electron chi connectivity index (χ4n) is 1.06. The molecule has 1 aromatic heterocycles. The quantitative estimate of drug-likeness (QED) is 0.773. The molecule has 2 N–H and O–H groups in total. The van der Waals surface area contributed by atoms with Gasteiger partial charge in [-0.2, -0.15) is 11.3 Å². The Kier molecular flexibility index (Phi) is 8.99. The van der Waals surface area contributed by atoms with Crippen LogP contribution in [-0.2, 0) is 11.3 Å². The average molecular weight is 265 g/mol. The molecule has 0 atom stereocenters. The van der Waals surface area contributed by atoms with Gasteiger partial charge in [0.2, 0.25) is 0 Å². The van der Waals surface area contributed by atoms with Gasteiger partial charge in [-0.15, -0.1) is 12.4 Å². The van der Waals surface area contributed by atoms with Gasteiger partial charge in [0.25, 0.3) is 0 Å². The van der Waals surface area contributed by atoms with E-state index >= 15 is 0 Å². The Morgan fingerprint density at radius 3 is 2.94 bits per heavy atom. The van der Waals surface area contributed by atoms with Crippen molar-refractivity contribution in [2.75, 3.05) is 19.7 Å². The molecule has 1 aromatic rings. The number of halogens is 1. The van der Waals surface area contributed by atoms with Gasteiger partial charge in [0, 0.05) is 19.6 Å². The van der Waals surface area contributed by atoms with Gasteiger partial charge in [-0.25, -0.2) is 4.79 Å². The fraction of sp³-hybridized carbons (Fsp3) is 0.500. The Hall–Kier alpha value is -0.780. The molecule has 6 heteroatoms. The Bertz CT molecular complexity index is 280. The molecule has 0 saturated heterocycles. The van der Waals surface area contributed by atoms with Gasteiger partial charge >= 0.3 is 6.09 Å². The SMILES string of the molecule is CCOC(=O)NCCNCc1ccsc1.Cl. The fourth-order valence-corrected chi connectivity index (χ4v) is 1.73. The highest BCUT2D eigenvalue weighted by Gasteiger charge is 1.97. The molecule has 0 aromatic carbocycles. The molecule has 0 fully saturated rings. The lowest BCUT2D eigenvalue weighted by Crippen LogP contribution is -2.31. The van der Waals surface area contributed by atoms with Crippen LogP contribution < -0.4 is 10.6 Å². The molecule has 0 unspecified atom stereocenters. The smallest absolute Gasteiger partial charge is 0.407 e. The highest BCUT2D eigenvalue weighted by molar-refractivity contribution is 7.07. The second-order valence-corrected chi connectivity index (χ2v) is 3.74. The summed E-state index contributed by atoms with van der Waals surface area (Å²) in [6, 6.07) is 2.08. The monoisotopic (exact) mass is 264 g/mol. The summed E-state index contributed by atoms with van der Waals surface area (Å²) in [5.41, 5.74) is 1.27. The van der Waals surface area contributed by atoms with E-state index in [0.29, 0.717) is 13.2 Å². The molecule has 4 nitrogen and oxygen atoms in total. The van der Waals surface area contributed by atoms with Crippen molar-refractivity contribution in [3.05, 3.63) is 22.4 Å². The number of hydrogen-bond donors (Lipinski definition) is 2. The normalized spacial score (nSPS) is 9.31. The van der Waals surface area contributed by atoms with Crippen molar-refractivity contribution >= 4 is 29.8 Å². The maximum absolute atomic E-state index is 10.9. The summed E-state index contributed by atoms with van der Waals surface area (Å²) in [5.74, 6) is 0. The van der Waals surface area contributed by atoms with Gasteiger partial charge in [0.15, 0.2) is 0 Å². The highest BCUT2D eigenvalue weighted by atomic mass is 35.5. The van der Waals surface area contributed by atoms with E-state index in [1.807, 2.05) is 5.38 Å². The zero-order chi connectivity index (χ0) is 10.9. The summed E-state index contributed by atoms with van der Waals surface area (Å²) in [5, 5.41) is 10.0. The van der Waals surface area contributed by atoms with E-state index in [-0.39, 0.29) is 18.5 Å². The minimum Gasteiger partial charge on any atom is -0.450 e. The highest BCUT2D eigenvalue weighted by Crippen LogP contribution is 2.04. The van der Waals surface area contributed by atoms with Crippen LogP contribution in [0.15, 0.2) is 16.8 Å². The lowest BCUT2D eigenvalue weighted by atomic mass is 10.3. The molecule has 0 aliphatic heterocycles. The summed E-state index contributed by atoms with van der Waals surface area (Å²) in [6.45, 7) is 4.37. The molecule has 0 aliphatic rings. The number of carbonyl (C=O) groups excluding carboxylic acids is 1. The second kappa shape index (κ2) is 9.45. The molecule has 1 rings (SSSR count). The van der Waals surface area contributed by atoms with E-state index in [0.717, 1.165) is 13.1 Å². The molecule has 0 bridgehead atoms. The predicted octanol–water partition coefficient (Wildman–Crippen LogP) is 2.01. The molecular formula is C10H17ClN2O2S. The first-order chi connectivity index (χ1) is 7.33. The third-order valence-corrected chi connectivity index (χ3v) is 2.49. The maximum Gasteiger partial charge on any atom is 0.407 e. The number of alkyl carbamates (subject to hydrolysis) is 1. The third-order valence-electron chi connectivity index (χ3n) is 1.76. The van der Waals surface area contributed by atoms with Crippen LogP contribution in [0.25, 0.3) is 0 Å². The van der Waals surface area contributed by atoms with Crippen LogP contribution in [0.4, 0.5) is 4.79 Å². The number of ether oxygens (including phenoxy) is 1. The van der Waals surface area contributed by atoms with Gasteiger partial charge in [-0.1, -0.05) is 0 Å². The molecular weight excluding hydrogens is 248 g/mol. The average Bonchev–Trinajstić information content (AvgIpc) is 2.70.